The standard InChI is InChI=1S/C29H22N4OS/c1-18-26-23(16-20(19-10-4-2-5-11-19)17-25(26)32-29(35)30-18)27-31-24-15-9-8-14-22(24)28(34)33(27)21-12-6-3-7-13-21/h2-15,17,23H,16H2,1H3,(H,30,32,35). The smallest absolute Gasteiger partial charge is 0.265 e. The highest BCUT2D eigenvalue weighted by atomic mass is 32.1. The lowest BCUT2D eigenvalue weighted by molar-refractivity contribution is 0.696. The zero-order valence-corrected chi connectivity index (χ0v) is 19.9. The molecule has 2 heterocycles. The maximum Gasteiger partial charge on any atom is 0.265 e. The molecule has 0 aliphatic heterocycles. The minimum atomic E-state index is -0.193. The number of hydrogen-bond donors (Lipinski definition) is 1. The molecule has 0 saturated carbocycles. The normalized spacial score (nSPS) is 15.0. The van der Waals surface area contributed by atoms with Gasteiger partial charge in [-0.15, -0.1) is 0 Å². The van der Waals surface area contributed by atoms with Crippen molar-refractivity contribution in [3.63, 3.8) is 0 Å². The Morgan fingerprint density at radius 1 is 0.914 bits per heavy atom. The topological polar surface area (TPSA) is 63.6 Å². The van der Waals surface area contributed by atoms with Gasteiger partial charge in [0.1, 0.15) is 5.82 Å². The highest BCUT2D eigenvalue weighted by molar-refractivity contribution is 7.71. The largest absolute Gasteiger partial charge is 0.334 e. The van der Waals surface area contributed by atoms with Crippen molar-refractivity contribution in [3.05, 3.63) is 128 Å². The lowest BCUT2D eigenvalue weighted by Gasteiger charge is -2.28. The Kier molecular flexibility index (Phi) is 5.23. The van der Waals surface area contributed by atoms with Crippen molar-refractivity contribution in [3.8, 4) is 5.69 Å². The van der Waals surface area contributed by atoms with Crippen molar-refractivity contribution in [2.45, 2.75) is 19.3 Å². The van der Waals surface area contributed by atoms with Gasteiger partial charge in [-0.2, -0.15) is 0 Å². The van der Waals surface area contributed by atoms with Crippen LogP contribution in [-0.4, -0.2) is 19.5 Å². The van der Waals surface area contributed by atoms with Crippen molar-refractivity contribution in [1.82, 2.24) is 19.5 Å². The summed E-state index contributed by atoms with van der Waals surface area (Å²) in [7, 11) is 0. The molecule has 1 N–H and O–H groups in total. The number of aromatic nitrogens is 4. The highest BCUT2D eigenvalue weighted by Gasteiger charge is 2.31. The Hall–Kier alpha value is -4.16. The summed E-state index contributed by atoms with van der Waals surface area (Å²) < 4.78 is 2.20. The van der Waals surface area contributed by atoms with Crippen LogP contribution < -0.4 is 5.56 Å². The number of nitrogens with zero attached hydrogens (tertiary/aromatic N) is 3. The number of fused-ring (bicyclic) bond motifs is 2. The Morgan fingerprint density at radius 2 is 1.60 bits per heavy atom. The first-order valence-corrected chi connectivity index (χ1v) is 11.9. The number of allylic oxidation sites excluding steroid dienone is 1. The number of benzene rings is 3. The summed E-state index contributed by atoms with van der Waals surface area (Å²) in [5.74, 6) is 0.500. The summed E-state index contributed by atoms with van der Waals surface area (Å²) in [6.45, 7) is 2.01. The number of hydrogen-bond acceptors (Lipinski definition) is 4. The van der Waals surface area contributed by atoms with E-state index in [9.17, 15) is 4.79 Å². The van der Waals surface area contributed by atoms with Gasteiger partial charge in [0.25, 0.3) is 5.56 Å². The zero-order chi connectivity index (χ0) is 23.9. The van der Waals surface area contributed by atoms with Crippen LogP contribution in [0.3, 0.4) is 0 Å². The second-order valence-corrected chi connectivity index (χ2v) is 9.11. The van der Waals surface area contributed by atoms with Crippen molar-refractivity contribution in [2.75, 3.05) is 0 Å². The molecule has 5 nitrogen and oxygen atoms in total. The van der Waals surface area contributed by atoms with Crippen molar-refractivity contribution in [1.29, 1.82) is 0 Å². The predicted molar refractivity (Wildman–Crippen MR) is 142 cm³/mol. The fourth-order valence-electron chi connectivity index (χ4n) is 5.00. The van der Waals surface area contributed by atoms with E-state index >= 15 is 0 Å². The van der Waals surface area contributed by atoms with Gasteiger partial charge in [-0.1, -0.05) is 60.7 Å². The van der Waals surface area contributed by atoms with Crippen molar-refractivity contribution < 1.29 is 0 Å². The lowest BCUT2D eigenvalue weighted by Crippen LogP contribution is -2.28. The third-order valence-corrected chi connectivity index (χ3v) is 6.75. The molecule has 1 aliphatic carbocycles. The van der Waals surface area contributed by atoms with E-state index in [2.05, 4.69) is 28.2 Å². The van der Waals surface area contributed by atoms with E-state index in [-0.39, 0.29) is 11.5 Å². The first kappa shape index (κ1) is 21.4. The van der Waals surface area contributed by atoms with Crippen LogP contribution in [0.5, 0.6) is 0 Å². The minimum Gasteiger partial charge on any atom is -0.334 e. The summed E-state index contributed by atoms with van der Waals surface area (Å²) in [5.41, 5.74) is 6.44. The fourth-order valence-corrected chi connectivity index (χ4v) is 5.25. The number of H-pyrrole nitrogens is 1. The molecule has 0 fully saturated rings. The summed E-state index contributed by atoms with van der Waals surface area (Å²) in [5, 5.41) is 0.595. The molecule has 2 aromatic heterocycles. The van der Waals surface area contributed by atoms with Gasteiger partial charge in [-0.25, -0.2) is 9.97 Å². The van der Waals surface area contributed by atoms with Gasteiger partial charge in [-0.3, -0.25) is 9.36 Å². The second kappa shape index (κ2) is 8.56. The minimum absolute atomic E-state index is 0.0800. The highest BCUT2D eigenvalue weighted by Crippen LogP contribution is 2.42. The van der Waals surface area contributed by atoms with E-state index in [0.717, 1.165) is 33.8 Å². The number of nitrogens with one attached hydrogen (secondary N) is 1. The molecule has 0 bridgehead atoms. The molecule has 0 saturated heterocycles. The van der Waals surface area contributed by atoms with E-state index in [1.807, 2.05) is 79.7 Å². The van der Waals surface area contributed by atoms with Gasteiger partial charge >= 0.3 is 0 Å². The van der Waals surface area contributed by atoms with Crippen molar-refractivity contribution in [2.24, 2.45) is 0 Å². The Balaban J connectivity index is 1.68. The first-order valence-electron chi connectivity index (χ1n) is 11.5. The van der Waals surface area contributed by atoms with Crippen LogP contribution in [0.1, 0.15) is 40.7 Å². The summed E-state index contributed by atoms with van der Waals surface area (Å²) in [4.78, 5) is 26.9. The van der Waals surface area contributed by atoms with Crippen LogP contribution in [0.2, 0.25) is 0 Å². The van der Waals surface area contributed by atoms with E-state index in [1.54, 1.807) is 4.57 Å². The molecule has 6 rings (SSSR count). The average Bonchev–Trinajstić information content (AvgIpc) is 2.89. The zero-order valence-electron chi connectivity index (χ0n) is 19.1. The quantitative estimate of drug-likeness (QED) is 0.315. The van der Waals surface area contributed by atoms with Crippen LogP contribution >= 0.6 is 12.2 Å². The van der Waals surface area contributed by atoms with Crippen molar-refractivity contribution >= 4 is 34.8 Å². The molecule has 35 heavy (non-hydrogen) atoms. The molecule has 1 unspecified atom stereocenters. The van der Waals surface area contributed by atoms with E-state index in [0.29, 0.717) is 27.9 Å². The number of para-hydroxylation sites is 2. The van der Waals surface area contributed by atoms with E-state index < -0.39 is 0 Å². The maximum absolute atomic E-state index is 13.9. The maximum atomic E-state index is 13.9. The third kappa shape index (κ3) is 3.72. The average molecular weight is 475 g/mol. The fraction of sp³-hybridized carbons (Fsp3) is 0.103. The summed E-state index contributed by atoms with van der Waals surface area (Å²) in [6, 6.07) is 27.5. The molecule has 3 aromatic carbocycles. The Morgan fingerprint density at radius 3 is 2.37 bits per heavy atom. The molecule has 5 aromatic rings. The molecule has 1 atom stereocenters. The third-order valence-electron chi connectivity index (χ3n) is 6.55. The molecule has 0 radical (unpaired) electrons. The number of aryl methyl sites for hydroxylation is 1. The van der Waals surface area contributed by atoms with Crippen LogP contribution in [0.25, 0.3) is 28.2 Å². The summed E-state index contributed by atoms with van der Waals surface area (Å²) in [6.07, 6.45) is 2.80. The van der Waals surface area contributed by atoms with Gasteiger partial charge in [0.05, 0.1) is 28.2 Å². The van der Waals surface area contributed by atoms with Gasteiger partial charge in [-0.05, 0) is 67.0 Å². The molecule has 170 valence electrons. The first-order chi connectivity index (χ1) is 17.1. The molecule has 0 spiro atoms. The van der Waals surface area contributed by atoms with E-state index in [1.165, 1.54) is 0 Å². The van der Waals surface area contributed by atoms with Gasteiger partial charge in [0, 0.05) is 11.3 Å². The van der Waals surface area contributed by atoms with Crippen LogP contribution in [-0.2, 0) is 0 Å². The molecular weight excluding hydrogens is 452 g/mol. The van der Waals surface area contributed by atoms with Crippen LogP contribution in [0.4, 0.5) is 0 Å². The van der Waals surface area contributed by atoms with Gasteiger partial charge < -0.3 is 4.98 Å². The Bertz CT molecular complexity index is 1720. The molecular formula is C29H22N4OS. The van der Waals surface area contributed by atoms with Gasteiger partial charge in [0.15, 0.2) is 4.77 Å². The monoisotopic (exact) mass is 474 g/mol. The van der Waals surface area contributed by atoms with Crippen LogP contribution in [0.15, 0.2) is 89.7 Å². The summed E-state index contributed by atoms with van der Waals surface area (Å²) >= 11 is 5.42. The Labute approximate surface area is 207 Å². The van der Waals surface area contributed by atoms with Gasteiger partial charge in [0.2, 0.25) is 0 Å². The second-order valence-electron chi connectivity index (χ2n) is 8.72. The molecule has 0 amide bonds. The number of aromatic amines is 1. The molecule has 1 aliphatic rings. The lowest BCUT2D eigenvalue weighted by atomic mass is 9.81. The van der Waals surface area contributed by atoms with E-state index in [4.69, 9.17) is 17.2 Å². The van der Waals surface area contributed by atoms with Crippen LogP contribution in [0, 0.1) is 11.7 Å². The SMILES string of the molecule is Cc1[nH]c(=S)nc2c1C(c1nc3ccccc3c(=O)n1-c1ccccc1)CC(c1ccccc1)=C2. The predicted octanol–water partition coefficient (Wildman–Crippen LogP) is 6.22. The number of rotatable bonds is 3. The molecule has 6 heteroatoms.